The van der Waals surface area contributed by atoms with Crippen LogP contribution in [0, 0.1) is 20.8 Å². The van der Waals surface area contributed by atoms with Crippen molar-refractivity contribution in [2.24, 2.45) is 5.84 Å². The van der Waals surface area contributed by atoms with Crippen molar-refractivity contribution in [3.63, 3.8) is 0 Å². The molecule has 3 N–H and O–H groups in total. The molecule has 0 fully saturated rings. The molecule has 0 aliphatic heterocycles. The van der Waals surface area contributed by atoms with E-state index >= 15 is 0 Å². The molecule has 0 aliphatic rings. The van der Waals surface area contributed by atoms with Crippen LogP contribution in [0.5, 0.6) is 0 Å². The second-order valence-corrected chi connectivity index (χ2v) is 5.43. The summed E-state index contributed by atoms with van der Waals surface area (Å²) in [6.07, 6.45) is 0. The number of hydrogen-bond donors (Lipinski definition) is 2. The van der Waals surface area contributed by atoms with Gasteiger partial charge in [-0.2, -0.15) is 0 Å². The van der Waals surface area contributed by atoms with Gasteiger partial charge in [0.15, 0.2) is 0 Å². The van der Waals surface area contributed by atoms with Crippen molar-refractivity contribution in [3.8, 4) is 0 Å². The van der Waals surface area contributed by atoms with E-state index < -0.39 is 0 Å². The van der Waals surface area contributed by atoms with E-state index in [1.807, 2.05) is 6.92 Å². The maximum Gasteiger partial charge on any atom is 0.0833 e. The summed E-state index contributed by atoms with van der Waals surface area (Å²) in [5, 5.41) is 0. The van der Waals surface area contributed by atoms with Crippen LogP contribution < -0.4 is 11.3 Å². The van der Waals surface area contributed by atoms with E-state index in [2.05, 4.69) is 52.2 Å². The third-order valence-electron chi connectivity index (χ3n) is 3.57. The molecule has 3 nitrogen and oxygen atoms in total. The molecule has 0 aliphatic carbocycles. The van der Waals surface area contributed by atoms with Crippen molar-refractivity contribution >= 4 is 0 Å². The van der Waals surface area contributed by atoms with Crippen LogP contribution in [-0.2, 0) is 4.74 Å². The first-order chi connectivity index (χ1) is 8.33. The Morgan fingerprint density at radius 3 is 2.22 bits per heavy atom. The van der Waals surface area contributed by atoms with Crippen molar-refractivity contribution in [2.75, 3.05) is 6.61 Å². The Balaban J connectivity index is 3.21. The summed E-state index contributed by atoms with van der Waals surface area (Å²) in [6, 6.07) is 4.39. The van der Waals surface area contributed by atoms with Crippen LogP contribution in [0.4, 0.5) is 0 Å². The summed E-state index contributed by atoms with van der Waals surface area (Å²) in [4.78, 5) is 0. The van der Waals surface area contributed by atoms with E-state index in [0.29, 0.717) is 6.61 Å². The van der Waals surface area contributed by atoms with Gasteiger partial charge in [-0.05, 0) is 63.8 Å². The van der Waals surface area contributed by atoms with Crippen molar-refractivity contribution in [3.05, 3.63) is 34.4 Å². The minimum Gasteiger partial charge on any atom is -0.374 e. The molecule has 102 valence electrons. The standard InChI is InChI=1S/C15H26N2O/c1-7-18-15(5,6)14(17-16)13-9-11(3)10(2)8-12(13)4/h8-9,14,17H,7,16H2,1-6H3. The largest absolute Gasteiger partial charge is 0.374 e. The Kier molecular flexibility index (Phi) is 4.91. The molecule has 18 heavy (non-hydrogen) atoms. The summed E-state index contributed by atoms with van der Waals surface area (Å²) in [7, 11) is 0. The van der Waals surface area contributed by atoms with Crippen molar-refractivity contribution in [1.82, 2.24) is 5.43 Å². The monoisotopic (exact) mass is 250 g/mol. The van der Waals surface area contributed by atoms with E-state index in [0.717, 1.165) is 0 Å². The van der Waals surface area contributed by atoms with Gasteiger partial charge in [-0.15, -0.1) is 0 Å². The zero-order chi connectivity index (χ0) is 13.9. The summed E-state index contributed by atoms with van der Waals surface area (Å²) in [5.74, 6) is 5.75. The van der Waals surface area contributed by atoms with Gasteiger partial charge in [0.25, 0.3) is 0 Å². The third kappa shape index (κ3) is 3.10. The highest BCUT2D eigenvalue weighted by Crippen LogP contribution is 2.31. The molecule has 1 aromatic rings. The molecule has 0 amide bonds. The molecule has 0 heterocycles. The molecule has 0 bridgehead atoms. The van der Waals surface area contributed by atoms with Gasteiger partial charge in [0.05, 0.1) is 11.6 Å². The maximum atomic E-state index is 5.82. The molecule has 0 spiro atoms. The highest BCUT2D eigenvalue weighted by atomic mass is 16.5. The molecule has 3 heteroatoms. The Morgan fingerprint density at radius 2 is 1.72 bits per heavy atom. The second kappa shape index (κ2) is 5.83. The van der Waals surface area contributed by atoms with Crippen LogP contribution in [0.3, 0.4) is 0 Å². The second-order valence-electron chi connectivity index (χ2n) is 5.43. The normalized spacial score (nSPS) is 13.7. The molecule has 1 aromatic carbocycles. The molecule has 0 aromatic heterocycles. The van der Waals surface area contributed by atoms with E-state index in [9.17, 15) is 0 Å². The lowest BCUT2D eigenvalue weighted by molar-refractivity contribution is -0.0394. The van der Waals surface area contributed by atoms with Gasteiger partial charge < -0.3 is 4.74 Å². The van der Waals surface area contributed by atoms with Crippen LogP contribution in [0.2, 0.25) is 0 Å². The molecule has 0 saturated carbocycles. The fraction of sp³-hybridized carbons (Fsp3) is 0.600. The predicted octanol–water partition coefficient (Wildman–Crippen LogP) is 2.93. The van der Waals surface area contributed by atoms with Crippen molar-refractivity contribution in [1.29, 1.82) is 0 Å². The summed E-state index contributed by atoms with van der Waals surface area (Å²) in [5.41, 5.74) is 7.61. The highest BCUT2D eigenvalue weighted by molar-refractivity contribution is 5.39. The fourth-order valence-electron chi connectivity index (χ4n) is 2.41. The first kappa shape index (κ1) is 15.2. The zero-order valence-electron chi connectivity index (χ0n) is 12.4. The van der Waals surface area contributed by atoms with Crippen LogP contribution in [-0.4, -0.2) is 12.2 Å². The summed E-state index contributed by atoms with van der Waals surface area (Å²) >= 11 is 0. The molecule has 1 rings (SSSR count). The van der Waals surface area contributed by atoms with E-state index in [1.54, 1.807) is 0 Å². The average molecular weight is 250 g/mol. The Bertz CT molecular complexity index is 413. The highest BCUT2D eigenvalue weighted by Gasteiger charge is 2.31. The number of nitrogens with two attached hydrogens (primary N) is 1. The molecular formula is C15H26N2O. The van der Waals surface area contributed by atoms with Crippen LogP contribution in [0.15, 0.2) is 12.1 Å². The number of benzene rings is 1. The first-order valence-electron chi connectivity index (χ1n) is 6.51. The minimum atomic E-state index is -0.337. The zero-order valence-corrected chi connectivity index (χ0v) is 12.4. The lowest BCUT2D eigenvalue weighted by atomic mass is 9.87. The molecule has 0 saturated heterocycles. The SMILES string of the molecule is CCOC(C)(C)C(NN)c1cc(C)c(C)cc1C. The van der Waals surface area contributed by atoms with E-state index in [-0.39, 0.29) is 11.6 Å². The minimum absolute atomic E-state index is 0.0169. The van der Waals surface area contributed by atoms with Gasteiger partial charge in [0.2, 0.25) is 0 Å². The first-order valence-corrected chi connectivity index (χ1v) is 6.51. The summed E-state index contributed by atoms with van der Waals surface area (Å²) in [6.45, 7) is 13.2. The van der Waals surface area contributed by atoms with E-state index in [1.165, 1.54) is 22.3 Å². The number of hydrazine groups is 1. The quantitative estimate of drug-likeness (QED) is 0.624. The van der Waals surface area contributed by atoms with Gasteiger partial charge in [0.1, 0.15) is 0 Å². The number of ether oxygens (including phenoxy) is 1. The topological polar surface area (TPSA) is 47.3 Å². The Labute approximate surface area is 111 Å². The van der Waals surface area contributed by atoms with Gasteiger partial charge in [-0.25, -0.2) is 0 Å². The molecule has 1 unspecified atom stereocenters. The van der Waals surface area contributed by atoms with Crippen LogP contribution in [0.25, 0.3) is 0 Å². The van der Waals surface area contributed by atoms with Gasteiger partial charge in [0, 0.05) is 6.61 Å². The van der Waals surface area contributed by atoms with Crippen molar-refractivity contribution in [2.45, 2.75) is 53.2 Å². The third-order valence-corrected chi connectivity index (χ3v) is 3.57. The van der Waals surface area contributed by atoms with E-state index in [4.69, 9.17) is 10.6 Å². The van der Waals surface area contributed by atoms with Crippen LogP contribution >= 0.6 is 0 Å². The number of aryl methyl sites for hydroxylation is 3. The molecule has 1 atom stereocenters. The van der Waals surface area contributed by atoms with Gasteiger partial charge >= 0.3 is 0 Å². The predicted molar refractivity (Wildman–Crippen MR) is 76.4 cm³/mol. The Hall–Kier alpha value is -0.900. The smallest absolute Gasteiger partial charge is 0.0833 e. The average Bonchev–Trinajstić information content (AvgIpc) is 2.25. The fourth-order valence-corrected chi connectivity index (χ4v) is 2.41. The number of hydrogen-bond acceptors (Lipinski definition) is 3. The Morgan fingerprint density at radius 1 is 1.17 bits per heavy atom. The van der Waals surface area contributed by atoms with Crippen LogP contribution in [0.1, 0.15) is 49.1 Å². The lowest BCUT2D eigenvalue weighted by Gasteiger charge is -2.35. The van der Waals surface area contributed by atoms with Gasteiger partial charge in [-0.3, -0.25) is 11.3 Å². The van der Waals surface area contributed by atoms with Gasteiger partial charge in [-0.1, -0.05) is 12.1 Å². The number of nitrogens with one attached hydrogen (secondary N) is 1. The maximum absolute atomic E-state index is 5.82. The lowest BCUT2D eigenvalue weighted by Crippen LogP contribution is -2.45. The molecular weight excluding hydrogens is 224 g/mol. The van der Waals surface area contributed by atoms with Crippen molar-refractivity contribution < 1.29 is 4.74 Å². The number of rotatable bonds is 5. The molecule has 0 radical (unpaired) electrons. The summed E-state index contributed by atoms with van der Waals surface area (Å²) < 4.78 is 5.82.